The molecule has 0 radical (unpaired) electrons. The number of H-pyrrole nitrogens is 2. The van der Waals surface area contributed by atoms with Crippen molar-refractivity contribution in [2.75, 3.05) is 18.4 Å². The van der Waals surface area contributed by atoms with Crippen molar-refractivity contribution in [2.24, 2.45) is 17.8 Å². The fourth-order valence-electron chi connectivity index (χ4n) is 5.37. The molecular weight excluding hydrogens is 324 g/mol. The highest BCUT2D eigenvalue weighted by atomic mass is 16.2. The molecule has 0 aromatic carbocycles. The van der Waals surface area contributed by atoms with Crippen molar-refractivity contribution in [3.63, 3.8) is 0 Å². The van der Waals surface area contributed by atoms with E-state index in [1.165, 1.54) is 19.3 Å². The average molecular weight is 348 g/mol. The fourth-order valence-corrected chi connectivity index (χ4v) is 5.37. The first-order chi connectivity index (χ1) is 12.0. The highest BCUT2D eigenvalue weighted by molar-refractivity contribution is 5.75. The Bertz CT molecular complexity index is 734. The number of anilines is 1. The second kappa shape index (κ2) is 6.20. The molecule has 1 aromatic rings. The van der Waals surface area contributed by atoms with Gasteiger partial charge in [-0.3, -0.25) is 9.78 Å². The van der Waals surface area contributed by atoms with Gasteiger partial charge in [0, 0.05) is 18.6 Å². The largest absolute Gasteiger partial charge is 0.362 e. The first-order valence-corrected chi connectivity index (χ1v) is 9.00. The quantitative estimate of drug-likeness (QED) is 0.483. The zero-order valence-electron chi connectivity index (χ0n) is 14.1. The van der Waals surface area contributed by atoms with Crippen LogP contribution in [0.1, 0.15) is 38.5 Å². The Labute approximate surface area is 144 Å². The monoisotopic (exact) mass is 348 g/mol. The maximum atomic E-state index is 12.3. The number of carbonyl (C=O) groups is 1. The molecule has 4 aliphatic carbocycles. The van der Waals surface area contributed by atoms with Crippen molar-refractivity contribution < 1.29 is 4.79 Å². The summed E-state index contributed by atoms with van der Waals surface area (Å²) in [5, 5.41) is 14.6. The maximum absolute atomic E-state index is 12.3. The van der Waals surface area contributed by atoms with Gasteiger partial charge in [-0.15, -0.1) is 5.10 Å². The SMILES string of the molecule is O=C(NCCNc1n[nH]c(=O)[nH]c1=O)NC12CC3CC(CC(C3)C1)C2. The van der Waals surface area contributed by atoms with E-state index in [1.807, 2.05) is 0 Å². The van der Waals surface area contributed by atoms with E-state index >= 15 is 0 Å². The number of amides is 2. The molecule has 4 saturated carbocycles. The van der Waals surface area contributed by atoms with Gasteiger partial charge in [0.15, 0.2) is 0 Å². The van der Waals surface area contributed by atoms with Crippen LogP contribution in [0.15, 0.2) is 9.59 Å². The third-order valence-electron chi connectivity index (χ3n) is 5.83. The van der Waals surface area contributed by atoms with Crippen LogP contribution in [-0.2, 0) is 0 Å². The average Bonchev–Trinajstić information content (AvgIpc) is 2.51. The van der Waals surface area contributed by atoms with Crippen LogP contribution in [0.25, 0.3) is 0 Å². The molecule has 25 heavy (non-hydrogen) atoms. The Morgan fingerprint density at radius 3 is 2.32 bits per heavy atom. The number of carbonyl (C=O) groups excluding carboxylic acids is 1. The molecule has 1 aromatic heterocycles. The number of nitrogens with one attached hydrogen (secondary N) is 5. The standard InChI is InChI=1S/C16H24N6O3/c23-13-12(21-22-15(25)19-13)17-1-2-18-14(24)20-16-6-9-3-10(7-16)5-11(4-9)8-16/h9-11H,1-8H2,(H,17,21)(H2,18,20,24)(H2,19,22,23,25). The van der Waals surface area contributed by atoms with Crippen LogP contribution in [0.5, 0.6) is 0 Å². The summed E-state index contributed by atoms with van der Waals surface area (Å²) in [7, 11) is 0. The van der Waals surface area contributed by atoms with Crippen LogP contribution in [0.3, 0.4) is 0 Å². The van der Waals surface area contributed by atoms with Gasteiger partial charge >= 0.3 is 11.7 Å². The van der Waals surface area contributed by atoms with Crippen molar-refractivity contribution >= 4 is 11.8 Å². The van der Waals surface area contributed by atoms with Crippen molar-refractivity contribution in [2.45, 2.75) is 44.1 Å². The minimum Gasteiger partial charge on any atom is -0.362 e. The topological polar surface area (TPSA) is 132 Å². The molecule has 4 aliphatic rings. The molecule has 2 amide bonds. The summed E-state index contributed by atoms with van der Waals surface area (Å²) >= 11 is 0. The van der Waals surface area contributed by atoms with Crippen LogP contribution in [0.2, 0.25) is 0 Å². The van der Waals surface area contributed by atoms with Crippen molar-refractivity contribution in [3.8, 4) is 0 Å². The molecule has 4 fully saturated rings. The predicted octanol–water partition coefficient (Wildman–Crippen LogP) is 0.138. The van der Waals surface area contributed by atoms with Crippen LogP contribution < -0.4 is 27.2 Å². The Morgan fingerprint density at radius 1 is 1.08 bits per heavy atom. The van der Waals surface area contributed by atoms with Gasteiger partial charge in [0.25, 0.3) is 5.56 Å². The van der Waals surface area contributed by atoms with Gasteiger partial charge in [-0.2, -0.15) is 0 Å². The molecule has 5 N–H and O–H groups in total. The number of rotatable bonds is 5. The molecule has 9 heteroatoms. The van der Waals surface area contributed by atoms with Gasteiger partial charge < -0.3 is 16.0 Å². The van der Waals surface area contributed by atoms with E-state index in [0.717, 1.165) is 37.0 Å². The van der Waals surface area contributed by atoms with Gasteiger partial charge in [0.2, 0.25) is 5.82 Å². The van der Waals surface area contributed by atoms with Crippen molar-refractivity contribution in [3.05, 3.63) is 20.8 Å². The summed E-state index contributed by atoms with van der Waals surface area (Å²) in [6, 6.07) is -0.146. The summed E-state index contributed by atoms with van der Waals surface area (Å²) in [5.74, 6) is 2.38. The lowest BCUT2D eigenvalue weighted by atomic mass is 9.53. The summed E-state index contributed by atoms with van der Waals surface area (Å²) in [6.07, 6.45) is 7.36. The zero-order valence-corrected chi connectivity index (χ0v) is 14.1. The normalized spacial score (nSPS) is 32.4. The molecule has 4 bridgehead atoms. The predicted molar refractivity (Wildman–Crippen MR) is 91.4 cm³/mol. The number of urea groups is 1. The summed E-state index contributed by atoms with van der Waals surface area (Å²) < 4.78 is 0. The molecule has 136 valence electrons. The lowest BCUT2D eigenvalue weighted by molar-refractivity contribution is -0.0134. The van der Waals surface area contributed by atoms with Crippen LogP contribution >= 0.6 is 0 Å². The summed E-state index contributed by atoms with van der Waals surface area (Å²) in [4.78, 5) is 36.7. The minimum absolute atomic E-state index is 0.0100. The van der Waals surface area contributed by atoms with Crippen molar-refractivity contribution in [1.82, 2.24) is 25.8 Å². The van der Waals surface area contributed by atoms with Crippen molar-refractivity contribution in [1.29, 1.82) is 0 Å². The molecule has 9 nitrogen and oxygen atoms in total. The van der Waals surface area contributed by atoms with Gasteiger partial charge in [-0.05, 0) is 56.3 Å². The number of aromatic nitrogens is 3. The number of hydrogen-bond donors (Lipinski definition) is 5. The maximum Gasteiger partial charge on any atom is 0.342 e. The lowest BCUT2D eigenvalue weighted by Crippen LogP contribution is -2.61. The molecule has 5 rings (SSSR count). The molecule has 0 atom stereocenters. The number of nitrogens with zero attached hydrogens (tertiary/aromatic N) is 1. The molecule has 1 heterocycles. The number of aromatic amines is 2. The Hall–Kier alpha value is -2.32. The van der Waals surface area contributed by atoms with Gasteiger partial charge in [-0.25, -0.2) is 14.7 Å². The fraction of sp³-hybridized carbons (Fsp3) is 0.750. The third kappa shape index (κ3) is 3.40. The number of hydrogen-bond acceptors (Lipinski definition) is 5. The van der Waals surface area contributed by atoms with E-state index in [2.05, 4.69) is 31.1 Å². The first-order valence-electron chi connectivity index (χ1n) is 9.00. The second-order valence-corrected chi connectivity index (χ2v) is 7.86. The van der Waals surface area contributed by atoms with E-state index in [4.69, 9.17) is 0 Å². The van der Waals surface area contributed by atoms with Crippen LogP contribution in [0.4, 0.5) is 10.6 Å². The highest BCUT2D eigenvalue weighted by Gasteiger charge is 2.51. The first kappa shape index (κ1) is 16.2. The van der Waals surface area contributed by atoms with E-state index in [0.29, 0.717) is 13.1 Å². The Kier molecular flexibility index (Phi) is 4.01. The van der Waals surface area contributed by atoms with E-state index in [-0.39, 0.29) is 17.4 Å². The smallest absolute Gasteiger partial charge is 0.342 e. The van der Waals surface area contributed by atoms with Gasteiger partial charge in [-0.1, -0.05) is 0 Å². The van der Waals surface area contributed by atoms with Crippen LogP contribution in [0, 0.1) is 17.8 Å². The Balaban J connectivity index is 1.24. The van der Waals surface area contributed by atoms with Crippen LogP contribution in [-0.4, -0.2) is 39.8 Å². The second-order valence-electron chi connectivity index (χ2n) is 7.86. The molecule has 0 unspecified atom stereocenters. The molecular formula is C16H24N6O3. The van der Waals surface area contributed by atoms with Gasteiger partial charge in [0.1, 0.15) is 0 Å². The molecule has 0 aliphatic heterocycles. The third-order valence-corrected chi connectivity index (χ3v) is 5.83. The molecule has 0 spiro atoms. The van der Waals surface area contributed by atoms with E-state index in [9.17, 15) is 14.4 Å². The van der Waals surface area contributed by atoms with E-state index in [1.54, 1.807) is 0 Å². The summed E-state index contributed by atoms with van der Waals surface area (Å²) in [6.45, 7) is 0.703. The minimum atomic E-state index is -0.649. The lowest BCUT2D eigenvalue weighted by Gasteiger charge is -2.56. The molecule has 0 saturated heterocycles. The zero-order chi connectivity index (χ0) is 17.4. The van der Waals surface area contributed by atoms with Gasteiger partial charge in [0.05, 0.1) is 0 Å². The Morgan fingerprint density at radius 2 is 1.72 bits per heavy atom. The highest BCUT2D eigenvalue weighted by Crippen LogP contribution is 2.55. The summed E-state index contributed by atoms with van der Waals surface area (Å²) in [5.41, 5.74) is -1.24. The van der Waals surface area contributed by atoms with E-state index < -0.39 is 11.2 Å².